The van der Waals surface area contributed by atoms with Crippen molar-refractivity contribution in [3.05, 3.63) is 231 Å². The Morgan fingerprint density at radius 1 is 0.344 bits per heavy atom. The Bertz CT molecular complexity index is 3560. The summed E-state index contributed by atoms with van der Waals surface area (Å²) in [6, 6.07) is 83.0. The first kappa shape index (κ1) is 34.9. The molecular formula is C58H38N2O. The van der Waals surface area contributed by atoms with Crippen molar-refractivity contribution in [3.8, 4) is 39.1 Å². The van der Waals surface area contributed by atoms with Crippen LogP contribution in [0.4, 0.5) is 17.1 Å². The molecule has 2 aromatic heterocycles. The number of fused-ring (bicyclic) bond motifs is 7. The minimum absolute atomic E-state index is 0.879. The Balaban J connectivity index is 1.04. The summed E-state index contributed by atoms with van der Waals surface area (Å²) < 4.78 is 8.81. The second-order valence-corrected chi connectivity index (χ2v) is 15.7. The van der Waals surface area contributed by atoms with E-state index in [0.717, 1.165) is 66.9 Å². The second-order valence-electron chi connectivity index (χ2n) is 15.7. The smallest absolute Gasteiger partial charge is 0.136 e. The molecule has 0 saturated carbocycles. The van der Waals surface area contributed by atoms with Gasteiger partial charge in [-0.2, -0.15) is 0 Å². The molecule has 0 unspecified atom stereocenters. The van der Waals surface area contributed by atoms with Gasteiger partial charge in [0.05, 0.1) is 22.4 Å². The molecule has 0 aliphatic carbocycles. The van der Waals surface area contributed by atoms with Crippen molar-refractivity contribution < 1.29 is 4.42 Å². The van der Waals surface area contributed by atoms with Crippen LogP contribution in [0.1, 0.15) is 0 Å². The maximum absolute atomic E-state index is 6.40. The third kappa shape index (κ3) is 5.82. The summed E-state index contributed by atoms with van der Waals surface area (Å²) in [6.45, 7) is 0. The largest absolute Gasteiger partial charge is 0.456 e. The molecule has 286 valence electrons. The molecule has 2 heterocycles. The van der Waals surface area contributed by atoms with E-state index in [9.17, 15) is 0 Å². The molecule has 10 aromatic carbocycles. The van der Waals surface area contributed by atoms with Gasteiger partial charge in [-0.05, 0) is 99.8 Å². The lowest BCUT2D eigenvalue weighted by Crippen LogP contribution is -2.11. The van der Waals surface area contributed by atoms with Gasteiger partial charge in [-0.15, -0.1) is 0 Å². The second kappa shape index (κ2) is 14.3. The van der Waals surface area contributed by atoms with Crippen molar-refractivity contribution in [2.75, 3.05) is 4.90 Å². The fourth-order valence-corrected chi connectivity index (χ4v) is 9.40. The number of para-hydroxylation sites is 5. The molecule has 3 nitrogen and oxygen atoms in total. The van der Waals surface area contributed by atoms with Gasteiger partial charge in [0.1, 0.15) is 11.2 Å². The van der Waals surface area contributed by atoms with E-state index in [2.05, 4.69) is 234 Å². The lowest BCUT2D eigenvalue weighted by molar-refractivity contribution is 0.669. The third-order valence-corrected chi connectivity index (χ3v) is 12.2. The topological polar surface area (TPSA) is 21.3 Å². The van der Waals surface area contributed by atoms with Crippen molar-refractivity contribution in [3.63, 3.8) is 0 Å². The number of furan rings is 1. The Hall–Kier alpha value is -8.14. The first-order valence-electron chi connectivity index (χ1n) is 20.8. The SMILES string of the molecule is c1cc(-c2ccc3ccccc3c2)cc(N(c2ccc(-c3ccccc3-n3c4ccccc4c4ccccc43)cc2)c2ccccc2-c2cccc3oc4ccccc4c23)c1. The fourth-order valence-electron chi connectivity index (χ4n) is 9.40. The first-order chi connectivity index (χ1) is 30.3. The normalized spacial score (nSPS) is 11.6. The summed E-state index contributed by atoms with van der Waals surface area (Å²) in [4.78, 5) is 2.41. The molecule has 0 aliphatic rings. The van der Waals surface area contributed by atoms with E-state index in [1.165, 1.54) is 43.7 Å². The molecule has 12 aromatic rings. The van der Waals surface area contributed by atoms with E-state index >= 15 is 0 Å². The minimum Gasteiger partial charge on any atom is -0.456 e. The molecule has 61 heavy (non-hydrogen) atoms. The highest BCUT2D eigenvalue weighted by Crippen LogP contribution is 2.46. The Morgan fingerprint density at radius 2 is 0.934 bits per heavy atom. The summed E-state index contributed by atoms with van der Waals surface area (Å²) in [5.41, 5.74) is 15.4. The summed E-state index contributed by atoms with van der Waals surface area (Å²) in [5, 5.41) is 7.19. The molecular weight excluding hydrogens is 741 g/mol. The van der Waals surface area contributed by atoms with E-state index < -0.39 is 0 Å². The van der Waals surface area contributed by atoms with Crippen molar-refractivity contribution >= 4 is 71.6 Å². The summed E-state index contributed by atoms with van der Waals surface area (Å²) in [7, 11) is 0. The van der Waals surface area contributed by atoms with Crippen LogP contribution < -0.4 is 4.90 Å². The Labute approximate surface area is 353 Å². The number of aromatic nitrogens is 1. The van der Waals surface area contributed by atoms with Gasteiger partial charge in [-0.1, -0.05) is 164 Å². The van der Waals surface area contributed by atoms with Crippen LogP contribution in [0.15, 0.2) is 235 Å². The van der Waals surface area contributed by atoms with Gasteiger partial charge in [0.2, 0.25) is 0 Å². The molecule has 0 fully saturated rings. The van der Waals surface area contributed by atoms with Crippen LogP contribution in [-0.2, 0) is 0 Å². The summed E-state index contributed by atoms with van der Waals surface area (Å²) in [5.74, 6) is 0. The van der Waals surface area contributed by atoms with Crippen LogP contribution in [0.25, 0.3) is 93.6 Å². The van der Waals surface area contributed by atoms with Gasteiger partial charge in [-0.3, -0.25) is 0 Å². The third-order valence-electron chi connectivity index (χ3n) is 12.2. The number of benzene rings is 10. The number of hydrogen-bond acceptors (Lipinski definition) is 2. The monoisotopic (exact) mass is 778 g/mol. The zero-order chi connectivity index (χ0) is 40.3. The maximum Gasteiger partial charge on any atom is 0.136 e. The van der Waals surface area contributed by atoms with Crippen LogP contribution in [0, 0.1) is 0 Å². The molecule has 12 rings (SSSR count). The van der Waals surface area contributed by atoms with Crippen LogP contribution in [0.3, 0.4) is 0 Å². The van der Waals surface area contributed by atoms with Crippen LogP contribution in [-0.4, -0.2) is 4.57 Å². The van der Waals surface area contributed by atoms with Crippen molar-refractivity contribution in [2.45, 2.75) is 0 Å². The summed E-state index contributed by atoms with van der Waals surface area (Å²) >= 11 is 0. The molecule has 0 bridgehead atoms. The van der Waals surface area contributed by atoms with Gasteiger partial charge in [0.25, 0.3) is 0 Å². The van der Waals surface area contributed by atoms with Gasteiger partial charge in [0, 0.05) is 44.0 Å². The average Bonchev–Trinajstić information content (AvgIpc) is 3.88. The van der Waals surface area contributed by atoms with Crippen molar-refractivity contribution in [1.29, 1.82) is 0 Å². The number of anilines is 3. The molecule has 0 radical (unpaired) electrons. The predicted octanol–water partition coefficient (Wildman–Crippen LogP) is 16.3. The van der Waals surface area contributed by atoms with Crippen LogP contribution in [0.5, 0.6) is 0 Å². The molecule has 0 aliphatic heterocycles. The number of rotatable bonds is 7. The lowest BCUT2D eigenvalue weighted by Gasteiger charge is -2.28. The molecule has 0 saturated heterocycles. The van der Waals surface area contributed by atoms with E-state index in [-0.39, 0.29) is 0 Å². The molecule has 3 heteroatoms. The van der Waals surface area contributed by atoms with Crippen LogP contribution >= 0.6 is 0 Å². The maximum atomic E-state index is 6.40. The van der Waals surface area contributed by atoms with E-state index in [1.807, 2.05) is 6.07 Å². The Morgan fingerprint density at radius 3 is 1.75 bits per heavy atom. The molecule has 0 atom stereocenters. The van der Waals surface area contributed by atoms with Crippen LogP contribution in [0.2, 0.25) is 0 Å². The van der Waals surface area contributed by atoms with E-state index in [4.69, 9.17) is 4.42 Å². The highest BCUT2D eigenvalue weighted by Gasteiger charge is 2.22. The quantitative estimate of drug-likeness (QED) is 0.161. The zero-order valence-electron chi connectivity index (χ0n) is 33.2. The number of hydrogen-bond donors (Lipinski definition) is 0. The van der Waals surface area contributed by atoms with Gasteiger partial charge < -0.3 is 13.9 Å². The van der Waals surface area contributed by atoms with Gasteiger partial charge in [0.15, 0.2) is 0 Å². The van der Waals surface area contributed by atoms with Gasteiger partial charge in [-0.25, -0.2) is 0 Å². The van der Waals surface area contributed by atoms with Crippen molar-refractivity contribution in [1.82, 2.24) is 4.57 Å². The molecule has 0 spiro atoms. The zero-order valence-corrected chi connectivity index (χ0v) is 33.2. The fraction of sp³-hybridized carbons (Fsp3) is 0. The summed E-state index contributed by atoms with van der Waals surface area (Å²) in [6.07, 6.45) is 0. The minimum atomic E-state index is 0.879. The van der Waals surface area contributed by atoms with E-state index in [0.29, 0.717) is 0 Å². The van der Waals surface area contributed by atoms with Crippen molar-refractivity contribution in [2.24, 2.45) is 0 Å². The lowest BCUT2D eigenvalue weighted by atomic mass is 9.96. The first-order valence-corrected chi connectivity index (χ1v) is 20.8. The highest BCUT2D eigenvalue weighted by atomic mass is 16.3. The van der Waals surface area contributed by atoms with E-state index in [1.54, 1.807) is 0 Å². The molecule has 0 amide bonds. The molecule has 0 N–H and O–H groups in total. The standard InChI is InChI=1S/C58H38N2O/c1-2-16-41-37-43(32-31-39(41)15-1)42-17-13-18-45(38-42)59(53-26-9-6-22-49(53)50-24-14-30-57-58(50)51-23-7-12-29-56(51)61-57)44-35-33-40(34-36-44)46-19-3-8-25-52(46)60-54-27-10-4-20-47(54)48-21-5-11-28-55(48)60/h1-38H. The Kier molecular flexibility index (Phi) is 8.17. The average molecular weight is 779 g/mol. The predicted molar refractivity (Wildman–Crippen MR) is 257 cm³/mol. The highest BCUT2D eigenvalue weighted by molar-refractivity contribution is 6.14. The number of nitrogens with zero attached hydrogens (tertiary/aromatic N) is 2. The van der Waals surface area contributed by atoms with Gasteiger partial charge >= 0.3 is 0 Å².